The van der Waals surface area contributed by atoms with Crippen LogP contribution in [0.15, 0.2) is 47.2 Å². The highest BCUT2D eigenvalue weighted by Gasteiger charge is 2.31. The van der Waals surface area contributed by atoms with Crippen molar-refractivity contribution in [2.45, 2.75) is 26.6 Å². The molecule has 7 nitrogen and oxygen atoms in total. The van der Waals surface area contributed by atoms with Crippen LogP contribution in [0.4, 0.5) is 13.2 Å². The zero-order valence-corrected chi connectivity index (χ0v) is 18.0. The van der Waals surface area contributed by atoms with E-state index in [1.54, 1.807) is 25.1 Å². The number of alkyl halides is 3. The van der Waals surface area contributed by atoms with Crippen molar-refractivity contribution in [3.63, 3.8) is 0 Å². The Bertz CT molecular complexity index is 1060. The Morgan fingerprint density at radius 2 is 1.94 bits per heavy atom. The van der Waals surface area contributed by atoms with Gasteiger partial charge in [-0.05, 0) is 37.6 Å². The fourth-order valence-electron chi connectivity index (χ4n) is 2.75. The normalized spacial score (nSPS) is 12.3. The Labute approximate surface area is 183 Å². The first-order chi connectivity index (χ1) is 15.1. The van der Waals surface area contributed by atoms with Crippen molar-refractivity contribution >= 4 is 23.5 Å². The molecule has 1 aromatic heterocycles. The largest absolute Gasteiger partial charge is 0.464 e. The summed E-state index contributed by atoms with van der Waals surface area (Å²) in [6.07, 6.45) is -3.33. The number of esters is 1. The van der Waals surface area contributed by atoms with E-state index < -0.39 is 17.7 Å². The number of nitrogens with zero attached hydrogens (tertiary/aromatic N) is 3. The van der Waals surface area contributed by atoms with Crippen molar-refractivity contribution < 1.29 is 32.4 Å². The first-order valence-corrected chi connectivity index (χ1v) is 9.29. The van der Waals surface area contributed by atoms with Crippen LogP contribution in [0.25, 0.3) is 6.08 Å². The number of rotatable bonds is 8. The van der Waals surface area contributed by atoms with E-state index in [2.05, 4.69) is 21.9 Å². The number of benzene rings is 1. The molecule has 0 N–H and O–H groups in total. The van der Waals surface area contributed by atoms with Gasteiger partial charge in [-0.15, -0.1) is 0 Å². The highest BCUT2D eigenvalue weighted by molar-refractivity contribution is 6.43. The second-order valence-electron chi connectivity index (χ2n) is 6.53. The number of pyridine rings is 1. The van der Waals surface area contributed by atoms with Gasteiger partial charge in [-0.3, -0.25) is 0 Å². The van der Waals surface area contributed by atoms with Gasteiger partial charge in [0.25, 0.3) is 0 Å². The maximum absolute atomic E-state index is 13.2. The molecule has 1 aromatic carbocycles. The summed E-state index contributed by atoms with van der Waals surface area (Å²) in [4.78, 5) is 26.3. The average Bonchev–Trinajstić information content (AvgIpc) is 2.77. The number of aryl methyl sites for hydroxylation is 1. The minimum atomic E-state index is -4.54. The maximum Gasteiger partial charge on any atom is 0.416 e. The fraction of sp³-hybridized carbons (Fsp3) is 0.273. The van der Waals surface area contributed by atoms with Gasteiger partial charge in [-0.25, -0.2) is 9.78 Å². The lowest BCUT2D eigenvalue weighted by Crippen LogP contribution is -2.20. The van der Waals surface area contributed by atoms with E-state index in [-0.39, 0.29) is 29.4 Å². The van der Waals surface area contributed by atoms with Crippen LogP contribution in [-0.2, 0) is 32.0 Å². The van der Waals surface area contributed by atoms with Gasteiger partial charge in [0.2, 0.25) is 0 Å². The molecule has 0 aliphatic carbocycles. The van der Waals surface area contributed by atoms with Crippen molar-refractivity contribution in [3.8, 4) is 0 Å². The summed E-state index contributed by atoms with van der Waals surface area (Å²) in [7, 11) is 2.51. The lowest BCUT2D eigenvalue weighted by molar-refractivity contribution is -0.137. The van der Waals surface area contributed by atoms with Crippen molar-refractivity contribution in [2.24, 2.45) is 10.3 Å². The van der Waals surface area contributed by atoms with E-state index in [1.807, 2.05) is 0 Å². The van der Waals surface area contributed by atoms with Crippen LogP contribution < -0.4 is 0 Å². The van der Waals surface area contributed by atoms with Crippen molar-refractivity contribution in [1.29, 1.82) is 0 Å². The molecule has 0 spiro atoms. The van der Waals surface area contributed by atoms with Crippen LogP contribution >= 0.6 is 0 Å². The first kappa shape index (κ1) is 24.6. The molecule has 0 saturated heterocycles. The molecule has 0 aliphatic rings. The lowest BCUT2D eigenvalue weighted by Gasteiger charge is -2.13. The molecular formula is C22H22F3N3O4. The zero-order chi connectivity index (χ0) is 23.9. The number of halogens is 3. The van der Waals surface area contributed by atoms with E-state index in [0.29, 0.717) is 11.1 Å². The monoisotopic (exact) mass is 449 g/mol. The molecule has 170 valence electrons. The number of oxime groups is 2. The second-order valence-corrected chi connectivity index (χ2v) is 6.53. The summed E-state index contributed by atoms with van der Waals surface area (Å²) in [5.41, 5.74) is 1.02. The third kappa shape index (κ3) is 5.93. The molecule has 0 aliphatic heterocycles. The molecular weight excluding hydrogens is 427 g/mol. The van der Waals surface area contributed by atoms with Crippen LogP contribution in [0.1, 0.15) is 40.6 Å². The minimum Gasteiger partial charge on any atom is -0.464 e. The van der Waals surface area contributed by atoms with Crippen LogP contribution in [0.2, 0.25) is 0 Å². The smallest absolute Gasteiger partial charge is 0.416 e. The molecule has 1 heterocycles. The molecule has 0 fully saturated rings. The molecule has 0 saturated carbocycles. The van der Waals surface area contributed by atoms with Crippen molar-refractivity contribution in [1.82, 2.24) is 4.98 Å². The van der Waals surface area contributed by atoms with E-state index in [4.69, 9.17) is 14.4 Å². The summed E-state index contributed by atoms with van der Waals surface area (Å²) in [6.45, 7) is 6.65. The zero-order valence-electron chi connectivity index (χ0n) is 18.0. The van der Waals surface area contributed by atoms with Crippen LogP contribution in [0.3, 0.4) is 0 Å². The molecule has 0 amide bonds. The van der Waals surface area contributed by atoms with Gasteiger partial charge in [0.1, 0.15) is 19.4 Å². The Hall–Kier alpha value is -3.69. The van der Waals surface area contributed by atoms with Gasteiger partial charge in [0.05, 0.1) is 24.1 Å². The maximum atomic E-state index is 13.2. The number of carbonyl (C=O) groups is 1. The first-order valence-electron chi connectivity index (χ1n) is 9.29. The van der Waals surface area contributed by atoms with Gasteiger partial charge < -0.3 is 14.4 Å². The summed E-state index contributed by atoms with van der Waals surface area (Å²) in [5, 5.41) is 7.64. The predicted molar refractivity (Wildman–Crippen MR) is 113 cm³/mol. The molecule has 0 radical (unpaired) electrons. The Morgan fingerprint density at radius 3 is 2.53 bits per heavy atom. The molecule has 0 unspecified atom stereocenters. The highest BCUT2D eigenvalue weighted by Crippen LogP contribution is 2.30. The molecule has 10 heteroatoms. The highest BCUT2D eigenvalue weighted by atomic mass is 19.4. The molecule has 2 aromatic rings. The minimum absolute atomic E-state index is 0.00377. The van der Waals surface area contributed by atoms with Gasteiger partial charge in [-0.1, -0.05) is 35.1 Å². The standard InChI is InChI=1S/C22H22F3N3O4/c1-6-16-10-15(22(23,24)25)11-19(26-16)14(3)27-32-12-18-13(2)8-7-9-17(18)20(28-31-5)21(29)30-4/h6-11H,1,12H2,2-5H3/b27-14+,28-20+. The van der Waals surface area contributed by atoms with Crippen LogP contribution in [0, 0.1) is 6.92 Å². The van der Waals surface area contributed by atoms with Gasteiger partial charge in [0, 0.05) is 11.1 Å². The SMILES string of the molecule is C=Cc1cc(C(F)(F)F)cc(/C(C)=N/OCc2c(C)cccc2/C(=N\OC)C(=O)OC)n1. The Kier molecular flexibility index (Phi) is 8.11. The van der Waals surface area contributed by atoms with E-state index in [1.165, 1.54) is 27.2 Å². The van der Waals surface area contributed by atoms with E-state index in [9.17, 15) is 18.0 Å². The summed E-state index contributed by atoms with van der Waals surface area (Å²) in [6, 6.07) is 6.94. The fourth-order valence-corrected chi connectivity index (χ4v) is 2.75. The molecule has 0 bridgehead atoms. The third-order valence-electron chi connectivity index (χ3n) is 4.39. The molecule has 32 heavy (non-hydrogen) atoms. The number of carbonyl (C=O) groups excluding carboxylic acids is 1. The van der Waals surface area contributed by atoms with Crippen molar-refractivity contribution in [3.05, 3.63) is 70.6 Å². The van der Waals surface area contributed by atoms with Crippen LogP contribution in [-0.4, -0.2) is 36.6 Å². The quantitative estimate of drug-likeness (QED) is 0.336. The van der Waals surface area contributed by atoms with Crippen molar-refractivity contribution in [2.75, 3.05) is 14.2 Å². The number of ether oxygens (including phenoxy) is 1. The number of methoxy groups -OCH3 is 1. The lowest BCUT2D eigenvalue weighted by atomic mass is 9.99. The van der Waals surface area contributed by atoms with Gasteiger partial charge >= 0.3 is 12.1 Å². The Balaban J connectivity index is 2.35. The number of hydrogen-bond acceptors (Lipinski definition) is 7. The Morgan fingerprint density at radius 1 is 1.22 bits per heavy atom. The average molecular weight is 449 g/mol. The summed E-state index contributed by atoms with van der Waals surface area (Å²) >= 11 is 0. The van der Waals surface area contributed by atoms with E-state index >= 15 is 0 Å². The molecule has 0 atom stereocenters. The summed E-state index contributed by atoms with van der Waals surface area (Å²) in [5.74, 6) is -0.705. The van der Waals surface area contributed by atoms with Crippen LogP contribution in [0.5, 0.6) is 0 Å². The topological polar surface area (TPSA) is 82.4 Å². The van der Waals surface area contributed by atoms with Gasteiger partial charge in [0.15, 0.2) is 5.71 Å². The number of hydrogen-bond donors (Lipinski definition) is 0. The predicted octanol–water partition coefficient (Wildman–Crippen LogP) is 4.52. The molecule has 2 rings (SSSR count). The van der Waals surface area contributed by atoms with E-state index in [0.717, 1.165) is 17.7 Å². The van der Waals surface area contributed by atoms with Gasteiger partial charge in [-0.2, -0.15) is 13.2 Å². The third-order valence-corrected chi connectivity index (χ3v) is 4.39. The summed E-state index contributed by atoms with van der Waals surface area (Å²) < 4.78 is 44.2. The second kappa shape index (κ2) is 10.6. The number of aromatic nitrogens is 1.